The highest BCUT2D eigenvalue weighted by Gasteiger charge is 2.44. The van der Waals surface area contributed by atoms with Crippen LogP contribution in [-0.2, 0) is 15.3 Å². The second kappa shape index (κ2) is 19.8. The van der Waals surface area contributed by atoms with Crippen LogP contribution in [0.1, 0.15) is 82.2 Å². The van der Waals surface area contributed by atoms with Crippen molar-refractivity contribution >= 4 is 35.8 Å². The van der Waals surface area contributed by atoms with E-state index in [9.17, 15) is 9.90 Å². The number of rotatable bonds is 11. The molecule has 1 N–H and O–H groups in total. The number of carbonyl (C=O) groups excluding carboxylic acids is 1. The van der Waals surface area contributed by atoms with Crippen LogP contribution in [0.2, 0.25) is 5.02 Å². The van der Waals surface area contributed by atoms with Crippen LogP contribution in [0.3, 0.4) is 0 Å². The molecule has 0 aromatic heterocycles. The topological polar surface area (TPSA) is 65.4 Å². The van der Waals surface area contributed by atoms with Gasteiger partial charge in [0.05, 0.1) is 23.4 Å². The molecule has 0 bridgehead atoms. The molecule has 44 heavy (non-hydrogen) atoms. The van der Waals surface area contributed by atoms with Crippen LogP contribution in [0.25, 0.3) is 0 Å². The first-order valence-corrected chi connectivity index (χ1v) is 16.0. The Bertz CT molecular complexity index is 1220. The number of aliphatic imine (C=N–C) groups is 1. The quantitative estimate of drug-likeness (QED) is 0.150. The molecule has 1 amide bonds. The molecule has 2 aromatic carbocycles. The number of methoxy groups -OCH3 is 1. The molecular weight excluding hydrogens is 600 g/mol. The van der Waals surface area contributed by atoms with E-state index in [1.165, 1.54) is 30.7 Å². The third kappa shape index (κ3) is 10.2. The molecule has 1 fully saturated rings. The monoisotopic (exact) mass is 649 g/mol. The van der Waals surface area contributed by atoms with Crippen LogP contribution >= 0.6 is 23.2 Å². The van der Waals surface area contributed by atoms with Gasteiger partial charge in [0.25, 0.3) is 0 Å². The lowest BCUT2D eigenvalue weighted by atomic mass is 9.83. The van der Waals surface area contributed by atoms with Crippen molar-refractivity contribution in [3.63, 3.8) is 0 Å². The lowest BCUT2D eigenvalue weighted by molar-refractivity contribution is -0.146. The molecule has 2 atom stereocenters. The molecule has 1 unspecified atom stereocenters. The van der Waals surface area contributed by atoms with Gasteiger partial charge in [0, 0.05) is 29.5 Å². The summed E-state index contributed by atoms with van der Waals surface area (Å²) in [5, 5.41) is 12.0. The van der Waals surface area contributed by atoms with Crippen molar-refractivity contribution in [3.8, 4) is 0 Å². The minimum Gasteiger partial charge on any atom is -0.388 e. The second-order valence-electron chi connectivity index (χ2n) is 10.6. The average molecular weight is 651 g/mol. The smallest absolute Gasteiger partial charge is 0.212 e. The Morgan fingerprint density at radius 3 is 2.30 bits per heavy atom. The summed E-state index contributed by atoms with van der Waals surface area (Å²) in [4.78, 5) is 20.4. The van der Waals surface area contributed by atoms with Gasteiger partial charge in [0.1, 0.15) is 5.82 Å². The Morgan fingerprint density at radius 1 is 1.25 bits per heavy atom. The largest absolute Gasteiger partial charge is 0.388 e. The molecule has 0 radical (unpaired) electrons. The zero-order valence-electron chi connectivity index (χ0n) is 27.5. The minimum absolute atomic E-state index is 0.0333. The molecule has 3 rings (SSSR count). The van der Waals surface area contributed by atoms with Crippen molar-refractivity contribution < 1.29 is 19.0 Å². The van der Waals surface area contributed by atoms with Crippen LogP contribution in [0.5, 0.6) is 0 Å². The number of amides is 1. The molecule has 244 valence electrons. The molecule has 2 aromatic rings. The summed E-state index contributed by atoms with van der Waals surface area (Å²) < 4.78 is 22.3. The zero-order valence-corrected chi connectivity index (χ0v) is 29.1. The number of likely N-dealkylation sites (tertiary alicyclic amines) is 1. The van der Waals surface area contributed by atoms with Gasteiger partial charge in [-0.3, -0.25) is 9.79 Å². The molecule has 0 saturated carbocycles. The fourth-order valence-electron chi connectivity index (χ4n) is 5.14. The molecule has 1 saturated heterocycles. The summed E-state index contributed by atoms with van der Waals surface area (Å²) in [5.74, 6) is -0.572. The average Bonchev–Trinajstić information content (AvgIpc) is 3.02. The van der Waals surface area contributed by atoms with Crippen LogP contribution in [0.4, 0.5) is 4.39 Å². The first-order chi connectivity index (χ1) is 21.0. The van der Waals surface area contributed by atoms with Crippen molar-refractivity contribution in [2.75, 3.05) is 33.8 Å². The predicted molar refractivity (Wildman–Crippen MR) is 183 cm³/mol. The number of halogens is 3. The standard InChI is InChI=1S/C30H36Cl2FN3O3.C3H8.C2H6/c1-6-25(31)17-34-21(3)18-36(19-37)30(39-5,24-7-9-26(32)10-8-24)28-20(2)15-23(16-27(28)33)29(38)22-11-13-35(4)14-12-22;1-3-2;1-2/h6-10,15-17,19,22,29,38H,3,11-14,18H2,1-2,4-5H3;3H2,1-2H3;1-2H3/b25-6+,34-17?;;/t29?,30-;;/m1../s1. The number of aryl methyl sites for hydroxylation is 1. The zero-order chi connectivity index (χ0) is 33.4. The van der Waals surface area contributed by atoms with Crippen LogP contribution in [0.15, 0.2) is 64.8 Å². The number of aliphatic hydroxyl groups is 1. The first-order valence-electron chi connectivity index (χ1n) is 15.2. The van der Waals surface area contributed by atoms with E-state index in [1.807, 2.05) is 13.8 Å². The molecule has 1 aliphatic heterocycles. The van der Waals surface area contributed by atoms with Gasteiger partial charge >= 0.3 is 0 Å². The van der Waals surface area contributed by atoms with Gasteiger partial charge in [-0.05, 0) is 82.1 Å². The number of piperidine rings is 1. The molecule has 1 aliphatic rings. The highest BCUT2D eigenvalue weighted by Crippen LogP contribution is 2.42. The second-order valence-corrected chi connectivity index (χ2v) is 11.4. The van der Waals surface area contributed by atoms with Gasteiger partial charge in [-0.2, -0.15) is 0 Å². The SMILES string of the molecule is C=C(CN(C=O)[C@@](OC)(c1ccc(Cl)cc1)c1c(C)cc(C(O)C2CCN(C)CC2)cc1F)N=C/C(Cl)=C\C.CC.CCC. The van der Waals surface area contributed by atoms with E-state index >= 15 is 4.39 Å². The van der Waals surface area contributed by atoms with E-state index in [4.69, 9.17) is 27.9 Å². The maximum atomic E-state index is 16.2. The number of carbonyl (C=O) groups is 1. The molecule has 0 aliphatic carbocycles. The third-order valence-electron chi connectivity index (χ3n) is 7.26. The fraction of sp³-hybridized carbons (Fsp3) is 0.486. The number of nitrogens with zero attached hydrogens (tertiary/aromatic N) is 3. The number of aliphatic hydroxyl groups excluding tert-OH is 1. The minimum atomic E-state index is -1.68. The highest BCUT2D eigenvalue weighted by molar-refractivity contribution is 6.39. The molecular formula is C35H50Cl2FN3O3. The number of hydrogen-bond donors (Lipinski definition) is 1. The Kier molecular flexibility index (Phi) is 17.7. The Morgan fingerprint density at radius 2 is 1.82 bits per heavy atom. The van der Waals surface area contributed by atoms with Crippen molar-refractivity contribution in [2.24, 2.45) is 10.9 Å². The van der Waals surface area contributed by atoms with E-state index in [0.717, 1.165) is 25.9 Å². The Balaban J connectivity index is 0.00000182. The van der Waals surface area contributed by atoms with Gasteiger partial charge in [-0.1, -0.05) is 88.2 Å². The summed E-state index contributed by atoms with van der Waals surface area (Å²) in [6, 6.07) is 9.79. The van der Waals surface area contributed by atoms with E-state index in [-0.39, 0.29) is 18.0 Å². The Labute approximate surface area is 274 Å². The van der Waals surface area contributed by atoms with Crippen LogP contribution < -0.4 is 0 Å². The normalized spacial score (nSPS) is 16.2. The van der Waals surface area contributed by atoms with E-state index in [1.54, 1.807) is 50.3 Å². The predicted octanol–water partition coefficient (Wildman–Crippen LogP) is 8.64. The lowest BCUT2D eigenvalue weighted by Gasteiger charge is -2.42. The van der Waals surface area contributed by atoms with Crippen LogP contribution in [0, 0.1) is 18.7 Å². The summed E-state index contributed by atoms with van der Waals surface area (Å²) in [6.07, 6.45) is 5.77. The van der Waals surface area contributed by atoms with E-state index in [0.29, 0.717) is 38.9 Å². The number of hydrogen-bond acceptors (Lipinski definition) is 5. The molecule has 6 nitrogen and oxygen atoms in total. The van der Waals surface area contributed by atoms with Gasteiger partial charge in [0.2, 0.25) is 6.41 Å². The van der Waals surface area contributed by atoms with Gasteiger partial charge in [-0.25, -0.2) is 4.39 Å². The van der Waals surface area contributed by atoms with Gasteiger partial charge < -0.3 is 19.6 Å². The third-order valence-corrected chi connectivity index (χ3v) is 7.83. The Hall–Kier alpha value is -2.55. The van der Waals surface area contributed by atoms with E-state index in [2.05, 4.69) is 37.4 Å². The number of benzene rings is 2. The van der Waals surface area contributed by atoms with Crippen molar-refractivity contribution in [2.45, 2.75) is 72.6 Å². The lowest BCUT2D eigenvalue weighted by Crippen LogP contribution is -2.49. The summed E-state index contributed by atoms with van der Waals surface area (Å²) >= 11 is 12.2. The van der Waals surface area contributed by atoms with E-state index < -0.39 is 17.6 Å². The summed E-state index contributed by atoms with van der Waals surface area (Å²) in [5.41, 5.74) is 0.270. The highest BCUT2D eigenvalue weighted by atomic mass is 35.5. The molecule has 9 heteroatoms. The first kappa shape index (κ1) is 39.5. The van der Waals surface area contributed by atoms with Crippen molar-refractivity contribution in [1.82, 2.24) is 9.80 Å². The maximum absolute atomic E-state index is 16.2. The molecule has 0 spiro atoms. The van der Waals surface area contributed by atoms with Gasteiger partial charge in [0.15, 0.2) is 5.72 Å². The van der Waals surface area contributed by atoms with Gasteiger partial charge in [-0.15, -0.1) is 0 Å². The van der Waals surface area contributed by atoms with Crippen LogP contribution in [-0.4, -0.2) is 61.3 Å². The number of allylic oxidation sites excluding steroid dienone is 2. The van der Waals surface area contributed by atoms with Crippen molar-refractivity contribution in [3.05, 3.63) is 92.9 Å². The summed E-state index contributed by atoms with van der Waals surface area (Å²) in [6.45, 7) is 17.4. The maximum Gasteiger partial charge on any atom is 0.212 e. The molecule has 1 heterocycles. The fourth-order valence-corrected chi connectivity index (χ4v) is 5.32. The summed E-state index contributed by atoms with van der Waals surface area (Å²) in [7, 11) is 3.46. The number of ether oxygens (including phenoxy) is 1. The van der Waals surface area contributed by atoms with Crippen molar-refractivity contribution in [1.29, 1.82) is 0 Å².